The third-order valence-corrected chi connectivity index (χ3v) is 5.77. The van der Waals surface area contributed by atoms with Gasteiger partial charge in [-0.15, -0.1) is 0 Å². The molecule has 0 amide bonds. The van der Waals surface area contributed by atoms with E-state index in [9.17, 15) is 30.3 Å². The van der Waals surface area contributed by atoms with Crippen LogP contribution < -0.4 is 4.90 Å². The van der Waals surface area contributed by atoms with Crippen LogP contribution >= 0.6 is 0 Å². The van der Waals surface area contributed by atoms with Crippen molar-refractivity contribution in [2.24, 2.45) is 22.7 Å². The number of aromatic hydroxyl groups is 2. The highest BCUT2D eigenvalue weighted by atomic mass is 16.3. The smallest absolute Gasteiger partial charge is 0.202 e. The number of hydrogen-bond acceptors (Lipinski definition) is 8. The molecule has 0 saturated carbocycles. The van der Waals surface area contributed by atoms with Gasteiger partial charge in [0.15, 0.2) is 0 Å². The summed E-state index contributed by atoms with van der Waals surface area (Å²) in [6, 6.07) is 2.93. The molecule has 5 N–H and O–H groups in total. The predicted octanol–water partition coefficient (Wildman–Crippen LogP) is 5.36. The van der Waals surface area contributed by atoms with E-state index < -0.39 is 23.1 Å². The molecule has 0 fully saturated rings. The summed E-state index contributed by atoms with van der Waals surface area (Å²) in [7, 11) is 0. The van der Waals surface area contributed by atoms with Crippen molar-refractivity contribution in [3.63, 3.8) is 0 Å². The predicted molar refractivity (Wildman–Crippen MR) is 142 cm³/mol. The molecule has 0 spiro atoms. The lowest BCUT2D eigenvalue weighted by Gasteiger charge is -2.30. The first kappa shape index (κ1) is 26.9. The highest BCUT2D eigenvalue weighted by Gasteiger charge is 2.42. The third-order valence-electron chi connectivity index (χ3n) is 5.77. The maximum absolute atomic E-state index is 13.1. The molecule has 3 rings (SSSR count). The Kier molecular flexibility index (Phi) is 7.86. The van der Waals surface area contributed by atoms with Gasteiger partial charge in [-0.1, -0.05) is 41.5 Å². The van der Waals surface area contributed by atoms with E-state index in [1.54, 1.807) is 0 Å². The van der Waals surface area contributed by atoms with Gasteiger partial charge in [-0.2, -0.15) is 0 Å². The Morgan fingerprint density at radius 2 is 1.25 bits per heavy atom. The van der Waals surface area contributed by atoms with Crippen LogP contribution in [0.25, 0.3) is 5.57 Å². The number of carbonyl (C=O) groups excluding carboxylic acids is 1. The molecule has 0 aliphatic heterocycles. The van der Waals surface area contributed by atoms with E-state index in [4.69, 9.17) is 0 Å². The van der Waals surface area contributed by atoms with Crippen molar-refractivity contribution in [2.45, 2.75) is 41.5 Å². The second kappa shape index (κ2) is 10.5. The molecule has 1 aromatic rings. The molecule has 8 nitrogen and oxygen atoms in total. The number of Topliss-reactive ketones (excluding diaryl/α,β-unsaturated/α-hetero) is 1. The molecule has 2 aliphatic carbocycles. The van der Waals surface area contributed by atoms with Crippen LogP contribution in [-0.4, -0.2) is 56.7 Å². The van der Waals surface area contributed by atoms with Crippen molar-refractivity contribution in [2.75, 3.05) is 24.5 Å². The van der Waals surface area contributed by atoms with Crippen LogP contribution in [-0.2, 0) is 4.79 Å². The van der Waals surface area contributed by atoms with Crippen molar-refractivity contribution in [3.8, 4) is 11.5 Å². The van der Waals surface area contributed by atoms with E-state index in [2.05, 4.69) is 37.6 Å². The number of nitrogens with zero attached hydrogens (tertiary/aromatic N) is 2. The van der Waals surface area contributed by atoms with Crippen LogP contribution in [0.2, 0.25) is 0 Å². The Morgan fingerprint density at radius 1 is 0.750 bits per heavy atom. The zero-order valence-corrected chi connectivity index (χ0v) is 21.7. The van der Waals surface area contributed by atoms with Gasteiger partial charge in [0, 0.05) is 49.6 Å². The van der Waals surface area contributed by atoms with E-state index in [0.717, 1.165) is 0 Å². The van der Waals surface area contributed by atoms with Gasteiger partial charge in [-0.25, -0.2) is 0 Å². The van der Waals surface area contributed by atoms with Gasteiger partial charge in [0.25, 0.3) is 0 Å². The second-order valence-corrected chi connectivity index (χ2v) is 10.6. The van der Waals surface area contributed by atoms with Gasteiger partial charge in [-0.3, -0.25) is 9.79 Å². The molecule has 0 heterocycles. The summed E-state index contributed by atoms with van der Waals surface area (Å²) in [6.45, 7) is 14.2. The lowest BCUT2D eigenvalue weighted by atomic mass is 9.78. The second-order valence-electron chi connectivity index (χ2n) is 10.6. The number of allylic oxidation sites excluding steroid dienone is 4. The van der Waals surface area contributed by atoms with Crippen molar-refractivity contribution >= 4 is 22.8 Å². The standard InChI is InChI=1S/C28H36N2O6/c1-14(2)11-29-17-7-19(31)23(20(32)8-17)25-27(35)26(28(25)36)24-21(33)9-18(10-22(24)34)30(12-15(3)4)13-16(5)6/h7-10,14-16,31-35H,11-13H2,1-6H3. The molecule has 8 heteroatoms. The van der Waals surface area contributed by atoms with Gasteiger partial charge >= 0.3 is 0 Å². The fourth-order valence-corrected chi connectivity index (χ4v) is 4.30. The molecular formula is C28H36N2O6. The summed E-state index contributed by atoms with van der Waals surface area (Å²) < 4.78 is 0. The van der Waals surface area contributed by atoms with Crippen LogP contribution in [0.4, 0.5) is 5.69 Å². The van der Waals surface area contributed by atoms with Gasteiger partial charge < -0.3 is 30.4 Å². The number of benzene rings is 1. The number of carbonyl (C=O) groups is 1. The summed E-state index contributed by atoms with van der Waals surface area (Å²) >= 11 is 0. The molecule has 0 saturated heterocycles. The lowest BCUT2D eigenvalue weighted by molar-refractivity contribution is -0.111. The minimum Gasteiger partial charge on any atom is -0.507 e. The van der Waals surface area contributed by atoms with E-state index in [1.165, 1.54) is 24.3 Å². The number of phenolic OH excluding ortho intramolecular Hbond substituents is 2. The largest absolute Gasteiger partial charge is 0.507 e. The first-order chi connectivity index (χ1) is 16.8. The van der Waals surface area contributed by atoms with Crippen LogP contribution in [0.1, 0.15) is 47.1 Å². The summed E-state index contributed by atoms with van der Waals surface area (Å²) in [4.78, 5) is 19.4. The Bertz CT molecular complexity index is 1160. The summed E-state index contributed by atoms with van der Waals surface area (Å²) in [5.41, 5.74) is -0.0420. The highest BCUT2D eigenvalue weighted by molar-refractivity contribution is 6.40. The average Bonchev–Trinajstić information content (AvgIpc) is 2.75. The number of phenols is 2. The van der Waals surface area contributed by atoms with E-state index in [0.29, 0.717) is 42.9 Å². The molecule has 1 aromatic carbocycles. The summed E-state index contributed by atoms with van der Waals surface area (Å²) in [6.07, 6.45) is 2.62. The van der Waals surface area contributed by atoms with Gasteiger partial charge in [0.1, 0.15) is 28.8 Å². The van der Waals surface area contributed by atoms with Crippen molar-refractivity contribution < 1.29 is 30.3 Å². The molecular weight excluding hydrogens is 460 g/mol. The number of anilines is 1. The van der Waals surface area contributed by atoms with Crippen molar-refractivity contribution in [3.05, 3.63) is 58.3 Å². The number of ketones is 1. The zero-order chi connectivity index (χ0) is 26.9. The third kappa shape index (κ3) is 5.42. The number of rotatable bonds is 8. The maximum Gasteiger partial charge on any atom is 0.202 e. The van der Waals surface area contributed by atoms with Crippen LogP contribution in [0.5, 0.6) is 11.5 Å². The van der Waals surface area contributed by atoms with Crippen molar-refractivity contribution in [1.82, 2.24) is 0 Å². The Hall–Kier alpha value is -3.68. The fraction of sp³-hybridized carbons (Fsp3) is 0.429. The highest BCUT2D eigenvalue weighted by Crippen LogP contribution is 2.47. The lowest BCUT2D eigenvalue weighted by Crippen LogP contribution is -2.31. The van der Waals surface area contributed by atoms with E-state index in [1.807, 2.05) is 13.8 Å². The first-order valence-corrected chi connectivity index (χ1v) is 12.2. The van der Waals surface area contributed by atoms with E-state index in [-0.39, 0.29) is 39.7 Å². The fourth-order valence-electron chi connectivity index (χ4n) is 4.30. The Balaban J connectivity index is 2.02. The molecule has 0 radical (unpaired) electrons. The van der Waals surface area contributed by atoms with Crippen LogP contribution in [0.3, 0.4) is 0 Å². The summed E-state index contributed by atoms with van der Waals surface area (Å²) in [5, 5.41) is 53.2. The Morgan fingerprint density at radius 3 is 1.67 bits per heavy atom. The summed E-state index contributed by atoms with van der Waals surface area (Å²) in [5.74, 6) is -1.81. The van der Waals surface area contributed by atoms with Crippen LogP contribution in [0, 0.1) is 17.8 Å². The SMILES string of the molecule is CC(C)CN=C1C=C(O)C(=C2C(=O)C(c3c(O)cc(N(CC(C)C)CC(C)C)cc3O)=C2O)C(O)=C1. The van der Waals surface area contributed by atoms with Gasteiger partial charge in [-0.05, 0) is 17.8 Å². The zero-order valence-electron chi connectivity index (χ0n) is 21.7. The average molecular weight is 497 g/mol. The normalized spacial score (nSPS) is 16.1. The maximum atomic E-state index is 13.1. The topological polar surface area (TPSA) is 134 Å². The monoisotopic (exact) mass is 496 g/mol. The van der Waals surface area contributed by atoms with Crippen molar-refractivity contribution in [1.29, 1.82) is 0 Å². The van der Waals surface area contributed by atoms with Crippen LogP contribution in [0.15, 0.2) is 57.7 Å². The minimum absolute atomic E-state index is 0.193. The Labute approximate surface area is 211 Å². The quantitative estimate of drug-likeness (QED) is 0.306. The van der Waals surface area contributed by atoms with Gasteiger partial charge in [0.05, 0.1) is 28.0 Å². The molecule has 2 aliphatic rings. The molecule has 0 unspecified atom stereocenters. The number of aliphatic hydroxyl groups is 3. The molecule has 36 heavy (non-hydrogen) atoms. The minimum atomic E-state index is -0.718. The van der Waals surface area contributed by atoms with Gasteiger partial charge in [0.2, 0.25) is 5.78 Å². The first-order valence-electron chi connectivity index (χ1n) is 12.2. The molecule has 0 aromatic heterocycles. The molecule has 0 bridgehead atoms. The molecule has 194 valence electrons. The van der Waals surface area contributed by atoms with E-state index >= 15 is 0 Å². The number of aliphatic hydroxyl groups excluding tert-OH is 3. The number of aliphatic imine (C=N–C) groups is 1. The molecule has 0 atom stereocenters. The number of hydrogen-bond donors (Lipinski definition) is 5.